The second-order valence-corrected chi connectivity index (χ2v) is 5.35. The Labute approximate surface area is 122 Å². The number of hydrogen-bond donors (Lipinski definition) is 1. The van der Waals surface area contributed by atoms with Gasteiger partial charge in [-0.1, -0.05) is 17.7 Å². The van der Waals surface area contributed by atoms with E-state index in [2.05, 4.69) is 11.4 Å². The van der Waals surface area contributed by atoms with E-state index in [-0.39, 0.29) is 6.04 Å². The van der Waals surface area contributed by atoms with Crippen molar-refractivity contribution >= 4 is 22.9 Å². The van der Waals surface area contributed by atoms with Crippen molar-refractivity contribution < 1.29 is 9.47 Å². The normalized spacial score (nSPS) is 12.2. The fourth-order valence-electron chi connectivity index (χ4n) is 2.00. The minimum absolute atomic E-state index is 0.0484. The Morgan fingerprint density at radius 3 is 2.42 bits per heavy atom. The molecule has 1 heterocycles. The maximum atomic E-state index is 6.36. The van der Waals surface area contributed by atoms with Gasteiger partial charge >= 0.3 is 0 Å². The van der Waals surface area contributed by atoms with Gasteiger partial charge in [-0.2, -0.15) is 0 Å². The maximum absolute atomic E-state index is 6.36. The molecular weight excluding hydrogens is 282 g/mol. The quantitative estimate of drug-likeness (QED) is 0.912. The van der Waals surface area contributed by atoms with Gasteiger partial charge in [0.05, 0.1) is 20.3 Å². The molecule has 102 valence electrons. The Balaban J connectivity index is 2.48. The van der Waals surface area contributed by atoms with Crippen LogP contribution in [-0.2, 0) is 0 Å². The lowest BCUT2D eigenvalue weighted by atomic mass is 10.0. The van der Waals surface area contributed by atoms with Gasteiger partial charge in [-0.15, -0.1) is 11.3 Å². The highest BCUT2D eigenvalue weighted by molar-refractivity contribution is 7.10. The van der Waals surface area contributed by atoms with Crippen LogP contribution in [0.4, 0.5) is 0 Å². The van der Waals surface area contributed by atoms with Crippen molar-refractivity contribution in [2.75, 3.05) is 21.3 Å². The summed E-state index contributed by atoms with van der Waals surface area (Å²) in [5, 5.41) is 5.99. The average Bonchev–Trinajstić information content (AvgIpc) is 2.94. The van der Waals surface area contributed by atoms with Gasteiger partial charge in [-0.25, -0.2) is 0 Å². The highest BCUT2D eigenvalue weighted by Crippen LogP contribution is 2.38. The molecule has 1 aromatic carbocycles. The first-order valence-electron chi connectivity index (χ1n) is 5.83. The van der Waals surface area contributed by atoms with Gasteiger partial charge in [0.2, 0.25) is 0 Å². The topological polar surface area (TPSA) is 30.5 Å². The van der Waals surface area contributed by atoms with Gasteiger partial charge in [0.15, 0.2) is 11.5 Å². The molecule has 1 atom stereocenters. The predicted octanol–water partition coefficient (Wildman–Crippen LogP) is 3.73. The molecule has 0 saturated heterocycles. The molecule has 0 radical (unpaired) electrons. The standard InChI is InChI=1S/C14H16ClNO2S/c1-16-14(13-5-4-6-19-13)9-7-11(17-2)12(18-3)8-10(9)15/h4-8,14,16H,1-3H3. The van der Waals surface area contributed by atoms with E-state index in [4.69, 9.17) is 21.1 Å². The van der Waals surface area contributed by atoms with Crippen LogP contribution >= 0.6 is 22.9 Å². The van der Waals surface area contributed by atoms with Crippen LogP contribution in [0.15, 0.2) is 29.6 Å². The van der Waals surface area contributed by atoms with Crippen LogP contribution in [0.5, 0.6) is 11.5 Å². The third-order valence-corrected chi connectivity index (χ3v) is 4.19. The Kier molecular flexibility index (Phi) is 4.69. The molecule has 0 bridgehead atoms. The number of benzene rings is 1. The zero-order valence-electron chi connectivity index (χ0n) is 11.1. The number of halogens is 1. The predicted molar refractivity (Wildman–Crippen MR) is 79.8 cm³/mol. The van der Waals surface area contributed by atoms with Gasteiger partial charge in [-0.05, 0) is 30.1 Å². The first kappa shape index (κ1) is 14.2. The molecule has 19 heavy (non-hydrogen) atoms. The molecule has 5 heteroatoms. The zero-order chi connectivity index (χ0) is 13.8. The van der Waals surface area contributed by atoms with Crippen molar-refractivity contribution in [3.63, 3.8) is 0 Å². The van der Waals surface area contributed by atoms with Crippen molar-refractivity contribution in [1.29, 1.82) is 0 Å². The van der Waals surface area contributed by atoms with Crippen molar-refractivity contribution in [1.82, 2.24) is 5.32 Å². The summed E-state index contributed by atoms with van der Waals surface area (Å²) in [5.41, 5.74) is 0.976. The lowest BCUT2D eigenvalue weighted by molar-refractivity contribution is 0.354. The van der Waals surface area contributed by atoms with Crippen molar-refractivity contribution in [2.24, 2.45) is 0 Å². The highest BCUT2D eigenvalue weighted by Gasteiger charge is 2.19. The third kappa shape index (κ3) is 2.86. The van der Waals surface area contributed by atoms with E-state index in [0.717, 1.165) is 5.56 Å². The molecule has 0 amide bonds. The average molecular weight is 298 g/mol. The van der Waals surface area contributed by atoms with E-state index in [0.29, 0.717) is 16.5 Å². The van der Waals surface area contributed by atoms with Crippen LogP contribution in [0.25, 0.3) is 0 Å². The van der Waals surface area contributed by atoms with E-state index in [1.807, 2.05) is 24.6 Å². The molecule has 2 rings (SSSR count). The number of rotatable bonds is 5. The van der Waals surface area contributed by atoms with Crippen LogP contribution in [0.2, 0.25) is 5.02 Å². The molecule has 2 aromatic rings. The van der Waals surface area contributed by atoms with E-state index in [9.17, 15) is 0 Å². The lowest BCUT2D eigenvalue weighted by Gasteiger charge is -2.19. The summed E-state index contributed by atoms with van der Waals surface area (Å²) in [6.45, 7) is 0. The van der Waals surface area contributed by atoms with E-state index in [1.165, 1.54) is 4.88 Å². The van der Waals surface area contributed by atoms with Crippen LogP contribution in [0.3, 0.4) is 0 Å². The molecule has 1 unspecified atom stereocenters. The second kappa shape index (κ2) is 6.28. The summed E-state index contributed by atoms with van der Waals surface area (Å²) in [6.07, 6.45) is 0. The Morgan fingerprint density at radius 1 is 1.21 bits per heavy atom. The molecule has 0 fully saturated rings. The third-order valence-electron chi connectivity index (χ3n) is 2.93. The summed E-state index contributed by atoms with van der Waals surface area (Å²) in [7, 11) is 5.13. The monoisotopic (exact) mass is 297 g/mol. The summed E-state index contributed by atoms with van der Waals surface area (Å²) in [6, 6.07) is 7.86. The minimum atomic E-state index is 0.0484. The lowest BCUT2D eigenvalue weighted by Crippen LogP contribution is -2.17. The Morgan fingerprint density at radius 2 is 1.89 bits per heavy atom. The smallest absolute Gasteiger partial charge is 0.162 e. The number of methoxy groups -OCH3 is 2. The van der Waals surface area contributed by atoms with Crippen LogP contribution in [0, 0.1) is 0 Å². The van der Waals surface area contributed by atoms with Gasteiger partial charge in [-0.3, -0.25) is 0 Å². The fraction of sp³-hybridized carbons (Fsp3) is 0.286. The second-order valence-electron chi connectivity index (χ2n) is 3.97. The van der Waals surface area contributed by atoms with Crippen molar-refractivity contribution in [2.45, 2.75) is 6.04 Å². The van der Waals surface area contributed by atoms with E-state index >= 15 is 0 Å². The first-order valence-corrected chi connectivity index (χ1v) is 7.09. The number of thiophene rings is 1. The first-order chi connectivity index (χ1) is 9.21. The van der Waals surface area contributed by atoms with E-state index in [1.54, 1.807) is 31.6 Å². The van der Waals surface area contributed by atoms with E-state index < -0.39 is 0 Å². The summed E-state index contributed by atoms with van der Waals surface area (Å²) in [4.78, 5) is 1.21. The number of hydrogen-bond acceptors (Lipinski definition) is 4. The largest absolute Gasteiger partial charge is 0.493 e. The molecule has 1 N–H and O–H groups in total. The molecular formula is C14H16ClNO2S. The fourth-order valence-corrected chi connectivity index (χ4v) is 3.11. The van der Waals surface area contributed by atoms with Crippen LogP contribution in [0.1, 0.15) is 16.5 Å². The summed E-state index contributed by atoms with van der Waals surface area (Å²) < 4.78 is 10.6. The van der Waals surface area contributed by atoms with Crippen LogP contribution in [-0.4, -0.2) is 21.3 Å². The molecule has 0 aliphatic rings. The zero-order valence-corrected chi connectivity index (χ0v) is 12.6. The molecule has 0 aliphatic carbocycles. The Hall–Kier alpha value is -1.23. The van der Waals surface area contributed by atoms with Gasteiger partial charge in [0.25, 0.3) is 0 Å². The minimum Gasteiger partial charge on any atom is -0.493 e. The molecule has 3 nitrogen and oxygen atoms in total. The SMILES string of the molecule is CNC(c1cccs1)c1cc(OC)c(OC)cc1Cl. The molecule has 0 spiro atoms. The van der Waals surface area contributed by atoms with Gasteiger partial charge in [0.1, 0.15) is 0 Å². The van der Waals surface area contributed by atoms with Gasteiger partial charge < -0.3 is 14.8 Å². The van der Waals surface area contributed by atoms with Crippen LogP contribution < -0.4 is 14.8 Å². The highest BCUT2D eigenvalue weighted by atomic mass is 35.5. The van der Waals surface area contributed by atoms with Gasteiger partial charge in [0, 0.05) is 16.0 Å². The Bertz CT molecular complexity index is 543. The van der Waals surface area contributed by atoms with Crippen molar-refractivity contribution in [3.05, 3.63) is 45.1 Å². The number of ether oxygens (including phenoxy) is 2. The van der Waals surface area contributed by atoms with Crippen molar-refractivity contribution in [3.8, 4) is 11.5 Å². The molecule has 0 saturated carbocycles. The molecule has 1 aromatic heterocycles. The molecule has 0 aliphatic heterocycles. The summed E-state index contributed by atoms with van der Waals surface area (Å²) in [5.74, 6) is 1.32. The summed E-state index contributed by atoms with van der Waals surface area (Å²) >= 11 is 8.05. The maximum Gasteiger partial charge on any atom is 0.162 e. The number of nitrogens with one attached hydrogen (secondary N) is 1.